The number of nitrogens with one attached hydrogen (secondary N) is 1. The first-order chi connectivity index (χ1) is 8.74. The van der Waals surface area contributed by atoms with Crippen LogP contribution in [0.25, 0.3) is 0 Å². The molecule has 0 radical (unpaired) electrons. The number of rotatable bonds is 5. The molecule has 2 rings (SSSR count). The van der Waals surface area contributed by atoms with Crippen molar-refractivity contribution in [2.24, 2.45) is 0 Å². The molecule has 1 aliphatic rings. The van der Waals surface area contributed by atoms with Crippen LogP contribution in [0.1, 0.15) is 37.8 Å². The van der Waals surface area contributed by atoms with Gasteiger partial charge >= 0.3 is 0 Å². The molecule has 1 aromatic rings. The van der Waals surface area contributed by atoms with Gasteiger partial charge in [0.15, 0.2) is 0 Å². The predicted octanol–water partition coefficient (Wildman–Crippen LogP) is 2.88. The molecule has 0 aromatic carbocycles. The number of hydrogen-bond donors (Lipinski definition) is 1. The van der Waals surface area contributed by atoms with Crippen molar-refractivity contribution in [2.45, 2.75) is 44.6 Å². The number of halogens is 1. The maximum absolute atomic E-state index is 11.9. The first-order valence-corrected chi connectivity index (χ1v) is 7.39. The molecule has 98 valence electrons. The number of nitrogens with zero attached hydrogens (tertiary/aromatic N) is 1. The monoisotopic (exact) mass is 310 g/mol. The lowest BCUT2D eigenvalue weighted by atomic mass is 9.98. The van der Waals surface area contributed by atoms with Crippen molar-refractivity contribution in [1.29, 1.82) is 0 Å². The summed E-state index contributed by atoms with van der Waals surface area (Å²) < 4.78 is 0.949. The Morgan fingerprint density at radius 2 is 2.33 bits per heavy atom. The fourth-order valence-electron chi connectivity index (χ4n) is 2.31. The molecule has 1 N–H and O–H groups in total. The Kier molecular flexibility index (Phi) is 5.32. The summed E-state index contributed by atoms with van der Waals surface area (Å²) in [4.78, 5) is 16.1. The number of carbonyl (C=O) groups is 1. The molecule has 1 fully saturated rings. The normalized spacial score (nSPS) is 19.7. The molecule has 3 nitrogen and oxygen atoms in total. The Morgan fingerprint density at radius 3 is 3.00 bits per heavy atom. The maximum Gasteiger partial charge on any atom is 0.138 e. The van der Waals surface area contributed by atoms with Gasteiger partial charge < -0.3 is 5.32 Å². The van der Waals surface area contributed by atoms with E-state index in [9.17, 15) is 4.79 Å². The van der Waals surface area contributed by atoms with Crippen LogP contribution in [0.2, 0.25) is 0 Å². The van der Waals surface area contributed by atoms with Crippen LogP contribution in [-0.4, -0.2) is 23.4 Å². The Balaban J connectivity index is 1.73. The smallest absolute Gasteiger partial charge is 0.138 e. The number of Topliss-reactive ketones (excluding diaryl/α,β-unsaturated/α-hetero) is 1. The van der Waals surface area contributed by atoms with Crippen molar-refractivity contribution in [3.8, 4) is 0 Å². The zero-order chi connectivity index (χ0) is 12.8. The molecule has 0 amide bonds. The van der Waals surface area contributed by atoms with Crippen LogP contribution in [-0.2, 0) is 11.2 Å². The number of carbonyl (C=O) groups excluding carboxylic acids is 1. The molecule has 2 heterocycles. The minimum Gasteiger partial charge on any atom is -0.314 e. The van der Waals surface area contributed by atoms with E-state index in [-0.39, 0.29) is 5.78 Å². The molecule has 0 bridgehead atoms. The van der Waals surface area contributed by atoms with E-state index in [4.69, 9.17) is 0 Å². The lowest BCUT2D eigenvalue weighted by Gasteiger charge is -2.22. The van der Waals surface area contributed by atoms with E-state index in [1.165, 1.54) is 19.3 Å². The van der Waals surface area contributed by atoms with Crippen LogP contribution in [0.15, 0.2) is 22.8 Å². The molecule has 0 aliphatic carbocycles. The Bertz CT molecular complexity index is 385. The van der Waals surface area contributed by atoms with Crippen LogP contribution in [0.3, 0.4) is 0 Å². The van der Waals surface area contributed by atoms with Crippen LogP contribution >= 0.6 is 15.9 Å². The summed E-state index contributed by atoms with van der Waals surface area (Å²) >= 11 is 3.34. The largest absolute Gasteiger partial charge is 0.314 e. The second kappa shape index (κ2) is 7.00. The van der Waals surface area contributed by atoms with Gasteiger partial charge in [-0.2, -0.15) is 0 Å². The topological polar surface area (TPSA) is 42.0 Å². The third-order valence-electron chi connectivity index (χ3n) is 3.35. The number of piperidine rings is 1. The highest BCUT2D eigenvalue weighted by molar-refractivity contribution is 9.10. The zero-order valence-electron chi connectivity index (χ0n) is 10.5. The molecule has 4 heteroatoms. The average molecular weight is 311 g/mol. The molecule has 0 spiro atoms. The van der Waals surface area contributed by atoms with Crippen molar-refractivity contribution >= 4 is 21.7 Å². The van der Waals surface area contributed by atoms with Crippen molar-refractivity contribution in [3.63, 3.8) is 0 Å². The quantitative estimate of drug-likeness (QED) is 0.909. The standard InChI is InChI=1S/C14H19BrN2O/c15-11-4-5-13(17-10-11)9-14(18)7-6-12-3-1-2-8-16-12/h4-5,10,12,16H,1-3,6-9H2. The van der Waals surface area contributed by atoms with Crippen LogP contribution in [0, 0.1) is 0 Å². The number of hydrogen-bond acceptors (Lipinski definition) is 3. The first-order valence-electron chi connectivity index (χ1n) is 6.59. The summed E-state index contributed by atoms with van der Waals surface area (Å²) in [6.07, 6.45) is 7.60. The van der Waals surface area contributed by atoms with Gasteiger partial charge in [-0.05, 0) is 53.9 Å². The van der Waals surface area contributed by atoms with Crippen molar-refractivity contribution in [3.05, 3.63) is 28.5 Å². The van der Waals surface area contributed by atoms with Gasteiger partial charge in [0.25, 0.3) is 0 Å². The third kappa shape index (κ3) is 4.50. The Labute approximate surface area is 117 Å². The zero-order valence-corrected chi connectivity index (χ0v) is 12.1. The van der Waals surface area contributed by atoms with Gasteiger partial charge in [-0.3, -0.25) is 9.78 Å². The van der Waals surface area contributed by atoms with Gasteiger partial charge in [-0.15, -0.1) is 0 Å². The number of aromatic nitrogens is 1. The van der Waals surface area contributed by atoms with Crippen LogP contribution in [0.5, 0.6) is 0 Å². The molecular formula is C14H19BrN2O. The molecule has 1 unspecified atom stereocenters. The number of ketones is 1. The Morgan fingerprint density at radius 1 is 1.44 bits per heavy atom. The van der Waals surface area contributed by atoms with E-state index in [0.29, 0.717) is 18.9 Å². The van der Waals surface area contributed by atoms with Gasteiger partial charge in [0.1, 0.15) is 5.78 Å². The molecule has 0 saturated carbocycles. The summed E-state index contributed by atoms with van der Waals surface area (Å²) in [6.45, 7) is 1.10. The second-order valence-electron chi connectivity index (χ2n) is 4.87. The lowest BCUT2D eigenvalue weighted by Crippen LogP contribution is -2.34. The first kappa shape index (κ1) is 13.7. The summed E-state index contributed by atoms with van der Waals surface area (Å²) in [5, 5.41) is 3.47. The molecule has 1 saturated heterocycles. The lowest BCUT2D eigenvalue weighted by molar-refractivity contribution is -0.118. The summed E-state index contributed by atoms with van der Waals surface area (Å²) in [7, 11) is 0. The highest BCUT2D eigenvalue weighted by Crippen LogP contribution is 2.13. The van der Waals surface area contributed by atoms with Crippen LogP contribution in [0.4, 0.5) is 0 Å². The van der Waals surface area contributed by atoms with Gasteiger partial charge in [-0.1, -0.05) is 6.42 Å². The Hall–Kier alpha value is -0.740. The van der Waals surface area contributed by atoms with Gasteiger partial charge in [0.05, 0.1) is 0 Å². The van der Waals surface area contributed by atoms with E-state index in [1.54, 1.807) is 6.20 Å². The van der Waals surface area contributed by atoms with Gasteiger partial charge in [0.2, 0.25) is 0 Å². The summed E-state index contributed by atoms with van der Waals surface area (Å²) in [6, 6.07) is 4.37. The highest BCUT2D eigenvalue weighted by Gasteiger charge is 2.14. The van der Waals surface area contributed by atoms with E-state index in [0.717, 1.165) is 23.1 Å². The molecular weight excluding hydrogens is 292 g/mol. The minimum atomic E-state index is 0.289. The predicted molar refractivity (Wildman–Crippen MR) is 75.5 cm³/mol. The van der Waals surface area contributed by atoms with Gasteiger partial charge in [-0.25, -0.2) is 0 Å². The van der Waals surface area contributed by atoms with Crippen LogP contribution < -0.4 is 5.32 Å². The van der Waals surface area contributed by atoms with Gasteiger partial charge in [0, 0.05) is 35.2 Å². The van der Waals surface area contributed by atoms with E-state index in [1.807, 2.05) is 12.1 Å². The average Bonchev–Trinajstić information content (AvgIpc) is 2.40. The highest BCUT2D eigenvalue weighted by atomic mass is 79.9. The molecule has 1 atom stereocenters. The molecule has 1 aromatic heterocycles. The third-order valence-corrected chi connectivity index (χ3v) is 3.82. The second-order valence-corrected chi connectivity index (χ2v) is 5.78. The van der Waals surface area contributed by atoms with E-state index in [2.05, 4.69) is 26.2 Å². The fraction of sp³-hybridized carbons (Fsp3) is 0.571. The SMILES string of the molecule is O=C(CCC1CCCCN1)Cc1ccc(Br)cn1. The van der Waals surface area contributed by atoms with Crippen molar-refractivity contribution in [1.82, 2.24) is 10.3 Å². The maximum atomic E-state index is 11.9. The molecule has 18 heavy (non-hydrogen) atoms. The van der Waals surface area contributed by atoms with Crippen molar-refractivity contribution < 1.29 is 4.79 Å². The van der Waals surface area contributed by atoms with E-state index >= 15 is 0 Å². The molecule has 1 aliphatic heterocycles. The van der Waals surface area contributed by atoms with Crippen molar-refractivity contribution in [2.75, 3.05) is 6.54 Å². The fourth-order valence-corrected chi connectivity index (χ4v) is 2.54. The minimum absolute atomic E-state index is 0.289. The summed E-state index contributed by atoms with van der Waals surface area (Å²) in [5.74, 6) is 0.289. The summed E-state index contributed by atoms with van der Waals surface area (Å²) in [5.41, 5.74) is 0.861. The number of pyridine rings is 1. The van der Waals surface area contributed by atoms with E-state index < -0.39 is 0 Å².